The van der Waals surface area contributed by atoms with Gasteiger partial charge in [-0.25, -0.2) is 0 Å². The normalized spacial score (nSPS) is 13.1. The van der Waals surface area contributed by atoms with Crippen molar-refractivity contribution in [3.8, 4) is 0 Å². The maximum absolute atomic E-state index is 11.0. The lowest BCUT2D eigenvalue weighted by Crippen LogP contribution is -2.15. The lowest BCUT2D eigenvalue weighted by molar-refractivity contribution is -0.142. The fourth-order valence-electron chi connectivity index (χ4n) is 1.11. The second-order valence-electron chi connectivity index (χ2n) is 3.26. The summed E-state index contributed by atoms with van der Waals surface area (Å²) in [5, 5.41) is 0.951. The lowest BCUT2D eigenvalue weighted by atomic mass is 9.90. The summed E-state index contributed by atoms with van der Waals surface area (Å²) >= 11 is 3.38. The van der Waals surface area contributed by atoms with Crippen LogP contribution in [0.4, 0.5) is 0 Å². The molecule has 0 amide bonds. The van der Waals surface area contributed by atoms with E-state index in [4.69, 9.17) is 0 Å². The number of esters is 1. The summed E-state index contributed by atoms with van der Waals surface area (Å²) in [5.74, 6) is 0.883. The van der Waals surface area contributed by atoms with Gasteiger partial charge in [-0.15, -0.1) is 0 Å². The highest BCUT2D eigenvalue weighted by Gasteiger charge is 2.16. The average molecular weight is 237 g/mol. The van der Waals surface area contributed by atoms with Gasteiger partial charge in [-0.1, -0.05) is 29.8 Å². The van der Waals surface area contributed by atoms with Crippen LogP contribution in [-0.4, -0.2) is 18.4 Å². The zero-order chi connectivity index (χ0) is 9.56. The van der Waals surface area contributed by atoms with E-state index in [2.05, 4.69) is 34.5 Å². The SMILES string of the molecule is COC(=O)C[C@@H](CCBr)C(C)C. The molecule has 0 spiro atoms. The first kappa shape index (κ1) is 11.9. The van der Waals surface area contributed by atoms with E-state index in [0.29, 0.717) is 18.3 Å². The minimum Gasteiger partial charge on any atom is -0.469 e. The van der Waals surface area contributed by atoms with E-state index >= 15 is 0 Å². The molecule has 12 heavy (non-hydrogen) atoms. The number of hydrogen-bond donors (Lipinski definition) is 0. The van der Waals surface area contributed by atoms with Gasteiger partial charge in [0.1, 0.15) is 0 Å². The van der Waals surface area contributed by atoms with Crippen LogP contribution in [0, 0.1) is 11.8 Å². The predicted molar refractivity (Wildman–Crippen MR) is 53.4 cm³/mol. The predicted octanol–water partition coefficient (Wildman–Crippen LogP) is 2.61. The topological polar surface area (TPSA) is 26.3 Å². The Hall–Kier alpha value is -0.0500. The van der Waals surface area contributed by atoms with Gasteiger partial charge in [0.25, 0.3) is 0 Å². The Bertz CT molecular complexity index is 134. The Kier molecular flexibility index (Phi) is 6.44. The van der Waals surface area contributed by atoms with Crippen LogP contribution in [0.25, 0.3) is 0 Å². The van der Waals surface area contributed by atoms with Crippen molar-refractivity contribution < 1.29 is 9.53 Å². The number of halogens is 1. The molecule has 0 bridgehead atoms. The molecule has 0 radical (unpaired) electrons. The molecule has 0 aliphatic heterocycles. The molecule has 0 fully saturated rings. The van der Waals surface area contributed by atoms with E-state index in [1.165, 1.54) is 7.11 Å². The quantitative estimate of drug-likeness (QED) is 0.542. The van der Waals surface area contributed by atoms with Crippen molar-refractivity contribution in [2.24, 2.45) is 11.8 Å². The molecule has 0 aromatic rings. The summed E-state index contributed by atoms with van der Waals surface area (Å²) in [6.07, 6.45) is 1.58. The van der Waals surface area contributed by atoms with Crippen molar-refractivity contribution in [2.45, 2.75) is 26.7 Å². The number of carbonyl (C=O) groups excluding carboxylic acids is 1. The molecule has 0 heterocycles. The molecule has 0 unspecified atom stereocenters. The number of methoxy groups -OCH3 is 1. The number of hydrogen-bond acceptors (Lipinski definition) is 2. The van der Waals surface area contributed by atoms with Gasteiger partial charge in [0.15, 0.2) is 0 Å². The molecule has 1 atom stereocenters. The van der Waals surface area contributed by atoms with Crippen LogP contribution in [0.1, 0.15) is 26.7 Å². The summed E-state index contributed by atoms with van der Waals surface area (Å²) in [6, 6.07) is 0. The zero-order valence-electron chi connectivity index (χ0n) is 7.97. The smallest absolute Gasteiger partial charge is 0.305 e. The molecule has 0 saturated carbocycles. The van der Waals surface area contributed by atoms with Gasteiger partial charge in [0.2, 0.25) is 0 Å². The van der Waals surface area contributed by atoms with Gasteiger partial charge in [-0.2, -0.15) is 0 Å². The molecule has 3 heteroatoms. The van der Waals surface area contributed by atoms with Crippen molar-refractivity contribution in [3.63, 3.8) is 0 Å². The number of rotatable bonds is 5. The van der Waals surface area contributed by atoms with Gasteiger partial charge < -0.3 is 4.74 Å². The molecule has 0 aliphatic carbocycles. The van der Waals surface area contributed by atoms with E-state index < -0.39 is 0 Å². The van der Waals surface area contributed by atoms with Crippen molar-refractivity contribution in [1.82, 2.24) is 0 Å². The second kappa shape index (κ2) is 6.46. The van der Waals surface area contributed by atoms with Crippen molar-refractivity contribution in [2.75, 3.05) is 12.4 Å². The maximum atomic E-state index is 11.0. The molecule has 0 aromatic heterocycles. The zero-order valence-corrected chi connectivity index (χ0v) is 9.56. The Labute approximate surface area is 82.8 Å². The van der Waals surface area contributed by atoms with Gasteiger partial charge in [-0.05, 0) is 18.3 Å². The van der Waals surface area contributed by atoms with Gasteiger partial charge in [0, 0.05) is 11.8 Å². The monoisotopic (exact) mass is 236 g/mol. The van der Waals surface area contributed by atoms with Crippen LogP contribution in [0.5, 0.6) is 0 Å². The summed E-state index contributed by atoms with van der Waals surface area (Å²) in [6.45, 7) is 4.27. The molecule has 0 rings (SSSR count). The van der Waals surface area contributed by atoms with Crippen LogP contribution in [0.3, 0.4) is 0 Å². The molecule has 2 nitrogen and oxygen atoms in total. The number of alkyl halides is 1. The van der Waals surface area contributed by atoms with E-state index in [9.17, 15) is 4.79 Å². The minimum atomic E-state index is -0.102. The largest absolute Gasteiger partial charge is 0.469 e. The summed E-state index contributed by atoms with van der Waals surface area (Å²) in [5.41, 5.74) is 0. The number of carbonyl (C=O) groups is 1. The van der Waals surface area contributed by atoms with E-state index in [-0.39, 0.29) is 5.97 Å². The molecular weight excluding hydrogens is 220 g/mol. The summed E-state index contributed by atoms with van der Waals surface area (Å²) in [4.78, 5) is 11.0. The molecular formula is C9H17BrO2. The fraction of sp³-hybridized carbons (Fsp3) is 0.889. The molecule has 72 valence electrons. The Morgan fingerprint density at radius 1 is 1.50 bits per heavy atom. The van der Waals surface area contributed by atoms with Crippen molar-refractivity contribution in [1.29, 1.82) is 0 Å². The van der Waals surface area contributed by atoms with Crippen LogP contribution >= 0.6 is 15.9 Å². The van der Waals surface area contributed by atoms with E-state index in [0.717, 1.165) is 11.8 Å². The Morgan fingerprint density at radius 3 is 2.42 bits per heavy atom. The van der Waals surface area contributed by atoms with Crippen LogP contribution in [-0.2, 0) is 9.53 Å². The van der Waals surface area contributed by atoms with Gasteiger partial charge >= 0.3 is 5.97 Å². The third-order valence-electron chi connectivity index (χ3n) is 2.08. The molecule has 0 aromatic carbocycles. The standard InChI is InChI=1S/C9H17BrO2/c1-7(2)8(4-5-10)6-9(11)12-3/h7-8H,4-6H2,1-3H3/t8-/m1/s1. The first-order valence-electron chi connectivity index (χ1n) is 4.24. The van der Waals surface area contributed by atoms with E-state index in [1.54, 1.807) is 0 Å². The Morgan fingerprint density at radius 2 is 2.08 bits per heavy atom. The van der Waals surface area contributed by atoms with Gasteiger partial charge in [0.05, 0.1) is 7.11 Å². The van der Waals surface area contributed by atoms with Crippen molar-refractivity contribution >= 4 is 21.9 Å². The van der Waals surface area contributed by atoms with Crippen LogP contribution in [0.2, 0.25) is 0 Å². The molecule has 0 aliphatic rings. The third kappa shape index (κ3) is 4.75. The van der Waals surface area contributed by atoms with Crippen LogP contribution < -0.4 is 0 Å². The minimum absolute atomic E-state index is 0.102. The summed E-state index contributed by atoms with van der Waals surface area (Å²) in [7, 11) is 1.44. The fourth-order valence-corrected chi connectivity index (χ4v) is 1.70. The highest BCUT2D eigenvalue weighted by Crippen LogP contribution is 2.20. The Balaban J connectivity index is 3.86. The summed E-state index contributed by atoms with van der Waals surface area (Å²) < 4.78 is 4.62. The van der Waals surface area contributed by atoms with E-state index in [1.807, 2.05) is 0 Å². The second-order valence-corrected chi connectivity index (χ2v) is 4.06. The molecule has 0 N–H and O–H groups in total. The van der Waals surface area contributed by atoms with Crippen LogP contribution in [0.15, 0.2) is 0 Å². The first-order valence-corrected chi connectivity index (χ1v) is 5.36. The van der Waals surface area contributed by atoms with Gasteiger partial charge in [-0.3, -0.25) is 4.79 Å². The lowest BCUT2D eigenvalue weighted by Gasteiger charge is -2.17. The highest BCUT2D eigenvalue weighted by molar-refractivity contribution is 9.09. The highest BCUT2D eigenvalue weighted by atomic mass is 79.9. The van der Waals surface area contributed by atoms with Crippen molar-refractivity contribution in [3.05, 3.63) is 0 Å². The maximum Gasteiger partial charge on any atom is 0.305 e. The number of ether oxygens (including phenoxy) is 1. The average Bonchev–Trinajstić information content (AvgIpc) is 2.03. The first-order chi connectivity index (χ1) is 5.61. The third-order valence-corrected chi connectivity index (χ3v) is 2.54. The molecule has 0 saturated heterocycles.